The largest absolute Gasteiger partial charge is 0.310 e. The highest BCUT2D eigenvalue weighted by Gasteiger charge is 2.20. The lowest BCUT2D eigenvalue weighted by Gasteiger charge is -2.29. The first-order valence-corrected chi connectivity index (χ1v) is 11.7. The van der Waals surface area contributed by atoms with Crippen molar-refractivity contribution in [3.63, 3.8) is 0 Å². The quantitative estimate of drug-likeness (QED) is 0.266. The zero-order chi connectivity index (χ0) is 22.9. The Balaban J connectivity index is 1.72. The van der Waals surface area contributed by atoms with Gasteiger partial charge in [-0.1, -0.05) is 109 Å². The number of hydrogen-bond acceptors (Lipinski definition) is 1. The maximum atomic E-state index is 2.38. The molecule has 0 spiro atoms. The molecular formula is C33H25N. The van der Waals surface area contributed by atoms with Crippen molar-refractivity contribution in [3.8, 4) is 11.1 Å². The van der Waals surface area contributed by atoms with Gasteiger partial charge in [0.1, 0.15) is 0 Å². The molecule has 1 heteroatoms. The Morgan fingerprint density at radius 1 is 0.441 bits per heavy atom. The van der Waals surface area contributed by atoms with Crippen molar-refractivity contribution in [2.24, 2.45) is 0 Å². The summed E-state index contributed by atoms with van der Waals surface area (Å²) in [5.41, 5.74) is 7.21. The van der Waals surface area contributed by atoms with E-state index in [1.807, 2.05) is 0 Å². The van der Waals surface area contributed by atoms with Gasteiger partial charge in [-0.2, -0.15) is 0 Å². The second-order valence-corrected chi connectivity index (χ2v) is 8.71. The number of aryl methyl sites for hydroxylation is 1. The summed E-state index contributed by atoms with van der Waals surface area (Å²) in [6.07, 6.45) is 0. The highest BCUT2D eigenvalue weighted by atomic mass is 15.1. The average molecular weight is 436 g/mol. The molecule has 0 N–H and O–H groups in total. The highest BCUT2D eigenvalue weighted by Crippen LogP contribution is 2.45. The molecule has 162 valence electrons. The fourth-order valence-corrected chi connectivity index (χ4v) is 4.87. The third-order valence-electron chi connectivity index (χ3n) is 6.51. The minimum Gasteiger partial charge on any atom is -0.310 e. The van der Waals surface area contributed by atoms with Crippen LogP contribution in [0.15, 0.2) is 133 Å². The van der Waals surface area contributed by atoms with Crippen molar-refractivity contribution in [2.75, 3.05) is 4.90 Å². The lowest BCUT2D eigenvalue weighted by molar-refractivity contribution is 1.28. The SMILES string of the molecule is Cc1ccc(N(c2ccccc2)c2ccc3ccccc3c2-c2cccc3ccccc23)cc1. The van der Waals surface area contributed by atoms with E-state index >= 15 is 0 Å². The van der Waals surface area contributed by atoms with Crippen LogP contribution < -0.4 is 4.90 Å². The minimum absolute atomic E-state index is 1.14. The second-order valence-electron chi connectivity index (χ2n) is 8.71. The van der Waals surface area contributed by atoms with E-state index in [-0.39, 0.29) is 0 Å². The first-order valence-electron chi connectivity index (χ1n) is 11.7. The maximum absolute atomic E-state index is 2.38. The van der Waals surface area contributed by atoms with Crippen molar-refractivity contribution >= 4 is 38.6 Å². The van der Waals surface area contributed by atoms with E-state index in [0.29, 0.717) is 0 Å². The van der Waals surface area contributed by atoms with E-state index in [1.54, 1.807) is 0 Å². The van der Waals surface area contributed by atoms with Gasteiger partial charge in [-0.15, -0.1) is 0 Å². The van der Waals surface area contributed by atoms with Crippen LogP contribution in [0.2, 0.25) is 0 Å². The Kier molecular flexibility index (Phi) is 5.08. The van der Waals surface area contributed by atoms with E-state index in [2.05, 4.69) is 145 Å². The summed E-state index contributed by atoms with van der Waals surface area (Å²) in [7, 11) is 0. The van der Waals surface area contributed by atoms with E-state index in [9.17, 15) is 0 Å². The van der Waals surface area contributed by atoms with Gasteiger partial charge in [-0.3, -0.25) is 0 Å². The van der Waals surface area contributed by atoms with Crippen LogP contribution in [0.25, 0.3) is 32.7 Å². The molecule has 6 rings (SSSR count). The first-order chi connectivity index (χ1) is 16.8. The number of nitrogens with zero attached hydrogens (tertiary/aromatic N) is 1. The average Bonchev–Trinajstić information content (AvgIpc) is 2.90. The standard InChI is InChI=1S/C33H25N/c1-24-18-21-28(22-19-24)34(27-13-3-2-4-14-27)32-23-20-26-11-6-8-16-30(26)33(32)31-17-9-12-25-10-5-7-15-29(25)31/h2-23H,1H3. The Labute approximate surface area is 200 Å². The number of hydrogen-bond donors (Lipinski definition) is 0. The molecular weight excluding hydrogens is 410 g/mol. The van der Waals surface area contributed by atoms with Crippen LogP contribution in [0.3, 0.4) is 0 Å². The molecule has 0 aromatic heterocycles. The molecule has 34 heavy (non-hydrogen) atoms. The topological polar surface area (TPSA) is 3.24 Å². The van der Waals surface area contributed by atoms with Crippen LogP contribution in [0.5, 0.6) is 0 Å². The van der Waals surface area contributed by atoms with Crippen molar-refractivity contribution < 1.29 is 0 Å². The number of rotatable bonds is 4. The molecule has 0 aliphatic heterocycles. The number of para-hydroxylation sites is 1. The number of anilines is 3. The molecule has 0 saturated carbocycles. The zero-order valence-corrected chi connectivity index (χ0v) is 19.1. The van der Waals surface area contributed by atoms with Gasteiger partial charge in [0.2, 0.25) is 0 Å². The molecule has 0 amide bonds. The van der Waals surface area contributed by atoms with Gasteiger partial charge in [-0.25, -0.2) is 0 Å². The monoisotopic (exact) mass is 435 g/mol. The zero-order valence-electron chi connectivity index (χ0n) is 19.1. The van der Waals surface area contributed by atoms with Crippen LogP contribution in [0.1, 0.15) is 5.56 Å². The molecule has 0 radical (unpaired) electrons. The Morgan fingerprint density at radius 3 is 1.79 bits per heavy atom. The first kappa shape index (κ1) is 20.3. The molecule has 6 aromatic rings. The molecule has 0 fully saturated rings. The molecule has 0 aliphatic rings. The van der Waals surface area contributed by atoms with Crippen LogP contribution in [-0.2, 0) is 0 Å². The van der Waals surface area contributed by atoms with Gasteiger partial charge in [0.15, 0.2) is 0 Å². The molecule has 0 bridgehead atoms. The van der Waals surface area contributed by atoms with Crippen LogP contribution in [0, 0.1) is 6.92 Å². The van der Waals surface area contributed by atoms with Gasteiger partial charge >= 0.3 is 0 Å². The Bertz CT molecular complexity index is 1590. The minimum atomic E-state index is 1.14. The maximum Gasteiger partial charge on any atom is 0.0546 e. The van der Waals surface area contributed by atoms with Gasteiger partial charge in [0.25, 0.3) is 0 Å². The third kappa shape index (κ3) is 3.52. The van der Waals surface area contributed by atoms with Crippen molar-refractivity contribution in [1.82, 2.24) is 0 Å². The van der Waals surface area contributed by atoms with Gasteiger partial charge in [-0.05, 0) is 64.4 Å². The number of benzene rings is 6. The summed E-state index contributed by atoms with van der Waals surface area (Å²) in [6.45, 7) is 2.13. The smallest absolute Gasteiger partial charge is 0.0546 e. The van der Waals surface area contributed by atoms with Crippen molar-refractivity contribution in [3.05, 3.63) is 139 Å². The van der Waals surface area contributed by atoms with E-state index < -0.39 is 0 Å². The normalized spacial score (nSPS) is 11.1. The lowest BCUT2D eigenvalue weighted by atomic mass is 9.91. The molecule has 6 aromatic carbocycles. The molecule has 1 nitrogen and oxygen atoms in total. The van der Waals surface area contributed by atoms with Gasteiger partial charge < -0.3 is 4.90 Å². The Morgan fingerprint density at radius 2 is 1.03 bits per heavy atom. The summed E-state index contributed by atoms with van der Waals surface area (Å²) in [5.74, 6) is 0. The lowest BCUT2D eigenvalue weighted by Crippen LogP contribution is -2.11. The summed E-state index contributed by atoms with van der Waals surface area (Å²) in [5, 5.41) is 5.01. The third-order valence-corrected chi connectivity index (χ3v) is 6.51. The summed E-state index contributed by atoms with van der Waals surface area (Å²) < 4.78 is 0. The second kappa shape index (κ2) is 8.53. The Hall–Kier alpha value is -4.36. The summed E-state index contributed by atoms with van der Waals surface area (Å²) >= 11 is 0. The fourth-order valence-electron chi connectivity index (χ4n) is 4.87. The van der Waals surface area contributed by atoms with Crippen molar-refractivity contribution in [2.45, 2.75) is 6.92 Å². The predicted octanol–water partition coefficient (Wildman–Crippen LogP) is 9.44. The van der Waals surface area contributed by atoms with Crippen LogP contribution in [0.4, 0.5) is 17.1 Å². The van der Waals surface area contributed by atoms with E-state index in [4.69, 9.17) is 0 Å². The van der Waals surface area contributed by atoms with Gasteiger partial charge in [0.05, 0.1) is 5.69 Å². The van der Waals surface area contributed by atoms with Crippen LogP contribution >= 0.6 is 0 Å². The molecule has 0 saturated heterocycles. The molecule has 0 unspecified atom stereocenters. The van der Waals surface area contributed by atoms with Gasteiger partial charge in [0, 0.05) is 16.9 Å². The number of fused-ring (bicyclic) bond motifs is 2. The summed E-state index contributed by atoms with van der Waals surface area (Å²) in [4.78, 5) is 2.38. The fraction of sp³-hybridized carbons (Fsp3) is 0.0303. The molecule has 0 atom stereocenters. The molecule has 0 aliphatic carbocycles. The van der Waals surface area contributed by atoms with E-state index in [0.717, 1.165) is 11.4 Å². The van der Waals surface area contributed by atoms with Crippen molar-refractivity contribution in [1.29, 1.82) is 0 Å². The predicted molar refractivity (Wildman–Crippen MR) is 146 cm³/mol. The van der Waals surface area contributed by atoms with E-state index in [1.165, 1.54) is 43.9 Å². The van der Waals surface area contributed by atoms with Crippen LogP contribution in [-0.4, -0.2) is 0 Å². The highest BCUT2D eigenvalue weighted by molar-refractivity contribution is 6.11. The molecule has 0 heterocycles. The summed E-state index contributed by atoms with van der Waals surface area (Å²) in [6, 6.07) is 47.9.